The minimum Gasteiger partial charge on any atom is -0.451 e. The van der Waals surface area contributed by atoms with Gasteiger partial charge in [-0.3, -0.25) is 19.3 Å². The summed E-state index contributed by atoms with van der Waals surface area (Å²) in [5, 5.41) is 0.490. The molecule has 0 fully saturated rings. The van der Waals surface area contributed by atoms with Gasteiger partial charge in [-0.25, -0.2) is 4.79 Å². The lowest BCUT2D eigenvalue weighted by Crippen LogP contribution is -2.29. The molecule has 28 heavy (non-hydrogen) atoms. The highest BCUT2D eigenvalue weighted by atomic mass is 35.5. The number of rotatable bonds is 6. The average molecular weight is 398 g/mol. The minimum absolute atomic E-state index is 0.0797. The second kappa shape index (κ2) is 7.78. The molecule has 6 nitrogen and oxygen atoms in total. The molecular weight excluding hydrogens is 382 g/mol. The maximum Gasteiger partial charge on any atom is 0.338 e. The average Bonchev–Trinajstić information content (AvgIpc) is 2.92. The number of benzene rings is 2. The molecule has 0 spiro atoms. The highest BCUT2D eigenvalue weighted by Gasteiger charge is 2.35. The molecule has 0 aliphatic carbocycles. The van der Waals surface area contributed by atoms with Crippen molar-refractivity contribution < 1.29 is 23.9 Å². The van der Waals surface area contributed by atoms with Crippen LogP contribution in [0.3, 0.4) is 0 Å². The molecule has 1 atom stereocenters. The Bertz CT molecular complexity index is 996. The van der Waals surface area contributed by atoms with Crippen molar-refractivity contribution in [1.29, 1.82) is 0 Å². The molecule has 0 bridgehead atoms. The van der Waals surface area contributed by atoms with Gasteiger partial charge < -0.3 is 4.74 Å². The number of halogens is 1. The number of nitrogens with zero attached hydrogens (tertiary/aromatic N) is 1. The number of Topliss-reactive ketones (excluding diaryl/α,β-unsaturated/α-hetero) is 1. The van der Waals surface area contributed by atoms with Crippen molar-refractivity contribution in [3.05, 3.63) is 82.4 Å². The second-order valence-corrected chi connectivity index (χ2v) is 6.63. The number of carbonyl (C=O) groups is 4. The highest BCUT2D eigenvalue weighted by Crippen LogP contribution is 2.24. The Morgan fingerprint density at radius 3 is 2.32 bits per heavy atom. The summed E-state index contributed by atoms with van der Waals surface area (Å²) in [5.41, 5.74) is 0.780. The predicted octanol–water partition coefficient (Wildman–Crippen LogP) is 3.55. The molecule has 2 aromatic rings. The first kappa shape index (κ1) is 19.5. The van der Waals surface area contributed by atoms with E-state index in [1.54, 1.807) is 24.3 Å². The maximum atomic E-state index is 12.4. The molecule has 142 valence electrons. The van der Waals surface area contributed by atoms with Crippen molar-refractivity contribution in [3.8, 4) is 0 Å². The quantitative estimate of drug-likeness (QED) is 0.322. The van der Waals surface area contributed by atoms with Crippen molar-refractivity contribution >= 4 is 35.2 Å². The minimum atomic E-state index is -1.03. The van der Waals surface area contributed by atoms with Gasteiger partial charge in [-0.1, -0.05) is 17.7 Å². The summed E-state index contributed by atoms with van der Waals surface area (Å²) < 4.78 is 5.23. The Morgan fingerprint density at radius 1 is 1.07 bits per heavy atom. The van der Waals surface area contributed by atoms with Gasteiger partial charge in [0.15, 0.2) is 6.10 Å². The van der Waals surface area contributed by atoms with E-state index < -0.39 is 23.9 Å². The van der Waals surface area contributed by atoms with Gasteiger partial charge in [0.25, 0.3) is 11.8 Å². The lowest BCUT2D eigenvalue weighted by atomic mass is 10.1. The molecule has 0 N–H and O–H groups in total. The van der Waals surface area contributed by atoms with E-state index in [-0.39, 0.29) is 29.0 Å². The Hall–Kier alpha value is -3.25. The smallest absolute Gasteiger partial charge is 0.338 e. The van der Waals surface area contributed by atoms with Crippen LogP contribution in [-0.2, 0) is 4.74 Å². The monoisotopic (exact) mass is 397 g/mol. The number of imide groups is 1. The van der Waals surface area contributed by atoms with E-state index in [1.165, 1.54) is 31.2 Å². The lowest BCUT2D eigenvalue weighted by molar-refractivity contribution is 0.0318. The van der Waals surface area contributed by atoms with Crippen molar-refractivity contribution in [2.75, 3.05) is 6.54 Å². The van der Waals surface area contributed by atoms with E-state index in [4.69, 9.17) is 16.3 Å². The maximum absolute atomic E-state index is 12.4. The molecule has 0 saturated carbocycles. The van der Waals surface area contributed by atoms with Gasteiger partial charge in [0.2, 0.25) is 5.78 Å². The van der Waals surface area contributed by atoms with Crippen LogP contribution >= 0.6 is 11.6 Å². The summed E-state index contributed by atoms with van der Waals surface area (Å²) in [4.78, 5) is 50.4. The van der Waals surface area contributed by atoms with E-state index in [0.717, 1.165) is 4.90 Å². The molecule has 0 radical (unpaired) electrons. The molecule has 3 rings (SSSR count). The molecule has 2 aromatic carbocycles. The summed E-state index contributed by atoms with van der Waals surface area (Å²) in [7, 11) is 0. The predicted molar refractivity (Wildman–Crippen MR) is 103 cm³/mol. The Labute approximate surface area is 166 Å². The first-order chi connectivity index (χ1) is 13.3. The van der Waals surface area contributed by atoms with Crippen molar-refractivity contribution in [1.82, 2.24) is 4.90 Å². The first-order valence-electron chi connectivity index (χ1n) is 8.45. The number of fused-ring (bicyclic) bond motifs is 1. The molecule has 0 unspecified atom stereocenters. The zero-order valence-corrected chi connectivity index (χ0v) is 15.7. The number of ketones is 1. The molecule has 0 saturated heterocycles. The molecule has 1 aliphatic heterocycles. The molecule has 1 aliphatic rings. The summed E-state index contributed by atoms with van der Waals surface area (Å²) in [6.07, 6.45) is 0.414. The van der Waals surface area contributed by atoms with Crippen molar-refractivity contribution in [2.45, 2.75) is 13.0 Å². The van der Waals surface area contributed by atoms with Gasteiger partial charge in [-0.05, 0) is 49.4 Å². The fraction of sp³-hybridized carbons (Fsp3) is 0.143. The van der Waals surface area contributed by atoms with E-state index >= 15 is 0 Å². The number of ether oxygens (including phenoxy) is 1. The number of carbonyl (C=O) groups excluding carboxylic acids is 4. The highest BCUT2D eigenvalue weighted by molar-refractivity contribution is 6.30. The van der Waals surface area contributed by atoms with E-state index in [9.17, 15) is 19.2 Å². The summed E-state index contributed by atoms with van der Waals surface area (Å²) >= 11 is 5.80. The van der Waals surface area contributed by atoms with Crippen LogP contribution in [0.2, 0.25) is 5.02 Å². The fourth-order valence-electron chi connectivity index (χ4n) is 2.84. The Morgan fingerprint density at radius 2 is 1.68 bits per heavy atom. The van der Waals surface area contributed by atoms with Gasteiger partial charge in [0.1, 0.15) is 0 Å². The third-order valence-corrected chi connectivity index (χ3v) is 4.55. The second-order valence-electron chi connectivity index (χ2n) is 6.19. The third-order valence-electron chi connectivity index (χ3n) is 4.30. The van der Waals surface area contributed by atoms with E-state index in [2.05, 4.69) is 6.58 Å². The lowest BCUT2D eigenvalue weighted by Gasteiger charge is -2.12. The van der Waals surface area contributed by atoms with Gasteiger partial charge >= 0.3 is 5.97 Å². The zero-order chi connectivity index (χ0) is 20.4. The van der Waals surface area contributed by atoms with Crippen LogP contribution < -0.4 is 0 Å². The third kappa shape index (κ3) is 3.59. The van der Waals surface area contributed by atoms with Crippen LogP contribution in [0.4, 0.5) is 0 Å². The van der Waals surface area contributed by atoms with Crippen LogP contribution in [0.5, 0.6) is 0 Å². The molecule has 2 amide bonds. The SMILES string of the molecule is C=CCN1C(=O)c2ccc(C(=O)O[C@@H](C)C(=O)c3ccc(Cl)cc3)cc2C1=O. The summed E-state index contributed by atoms with van der Waals surface area (Å²) in [6.45, 7) is 5.06. The standard InChI is InChI=1S/C21H16ClNO5/c1-3-10-23-19(25)16-9-6-14(11-17(16)20(23)26)21(27)28-12(2)18(24)13-4-7-15(22)8-5-13/h3-9,11-12H,1,10H2,2H3/t12-/m0/s1. The fourth-order valence-corrected chi connectivity index (χ4v) is 2.97. The normalized spacial score (nSPS) is 13.9. The van der Waals surface area contributed by atoms with Gasteiger partial charge in [0.05, 0.1) is 16.7 Å². The van der Waals surface area contributed by atoms with Crippen LogP contribution in [0, 0.1) is 0 Å². The number of amides is 2. The number of esters is 1. The summed E-state index contributed by atoms with van der Waals surface area (Å²) in [5.74, 6) is -2.08. The van der Waals surface area contributed by atoms with Gasteiger partial charge in [-0.15, -0.1) is 6.58 Å². The molecular formula is C21H16ClNO5. The van der Waals surface area contributed by atoms with Crippen LogP contribution in [0.25, 0.3) is 0 Å². The van der Waals surface area contributed by atoms with Crippen LogP contribution in [0.1, 0.15) is 48.4 Å². The number of hydrogen-bond acceptors (Lipinski definition) is 5. The molecule has 1 heterocycles. The Kier molecular flexibility index (Phi) is 5.42. The zero-order valence-electron chi connectivity index (χ0n) is 15.0. The number of hydrogen-bond donors (Lipinski definition) is 0. The van der Waals surface area contributed by atoms with Crippen LogP contribution in [-0.4, -0.2) is 41.1 Å². The van der Waals surface area contributed by atoms with E-state index in [1.807, 2.05) is 0 Å². The largest absolute Gasteiger partial charge is 0.451 e. The summed E-state index contributed by atoms with van der Waals surface area (Å²) in [6, 6.07) is 10.3. The van der Waals surface area contributed by atoms with Gasteiger partial charge in [0, 0.05) is 17.1 Å². The first-order valence-corrected chi connectivity index (χ1v) is 8.83. The Balaban J connectivity index is 1.76. The van der Waals surface area contributed by atoms with Crippen LogP contribution in [0.15, 0.2) is 55.1 Å². The van der Waals surface area contributed by atoms with E-state index in [0.29, 0.717) is 10.6 Å². The molecule has 0 aromatic heterocycles. The van der Waals surface area contributed by atoms with Gasteiger partial charge in [-0.2, -0.15) is 0 Å². The van der Waals surface area contributed by atoms with Crippen molar-refractivity contribution in [2.24, 2.45) is 0 Å². The van der Waals surface area contributed by atoms with Crippen molar-refractivity contribution in [3.63, 3.8) is 0 Å². The molecule has 7 heteroatoms. The topological polar surface area (TPSA) is 80.8 Å².